The Bertz CT molecular complexity index is 679. The van der Waals surface area contributed by atoms with E-state index < -0.39 is 0 Å². The number of carbonyl (C=O) groups excluding carboxylic acids is 1. The van der Waals surface area contributed by atoms with Gasteiger partial charge < -0.3 is 10.6 Å². The van der Waals surface area contributed by atoms with E-state index in [1.807, 2.05) is 4.68 Å². The van der Waals surface area contributed by atoms with Gasteiger partial charge in [-0.2, -0.15) is 0 Å². The van der Waals surface area contributed by atoms with Crippen molar-refractivity contribution in [3.63, 3.8) is 0 Å². The number of benzene rings is 1. The topological polar surface area (TPSA) is 89.9 Å². The van der Waals surface area contributed by atoms with Crippen molar-refractivity contribution >= 4 is 23.4 Å². The molecule has 0 radical (unpaired) electrons. The van der Waals surface area contributed by atoms with Crippen LogP contribution in [0, 0.1) is 0 Å². The van der Waals surface area contributed by atoms with E-state index >= 15 is 0 Å². The molecule has 0 bridgehead atoms. The van der Waals surface area contributed by atoms with Gasteiger partial charge in [-0.1, -0.05) is 0 Å². The molecule has 1 aromatic heterocycles. The van der Waals surface area contributed by atoms with E-state index in [0.717, 1.165) is 17.7 Å². The first-order valence-corrected chi connectivity index (χ1v) is 7.45. The number of rotatable bonds is 4. The third-order valence-electron chi connectivity index (χ3n) is 3.22. The number of hydrogen-bond donors (Lipinski definition) is 1. The molecule has 1 aliphatic carbocycles. The molecule has 1 heterocycles. The van der Waals surface area contributed by atoms with Gasteiger partial charge in [-0.05, 0) is 53.2 Å². The van der Waals surface area contributed by atoms with Crippen molar-refractivity contribution in [3.05, 3.63) is 23.8 Å². The Morgan fingerprint density at radius 1 is 1.43 bits per heavy atom. The van der Waals surface area contributed by atoms with Gasteiger partial charge in [0.2, 0.25) is 5.16 Å². The van der Waals surface area contributed by atoms with Crippen LogP contribution in [0.2, 0.25) is 0 Å². The molecule has 7 nitrogen and oxygen atoms in total. The van der Waals surface area contributed by atoms with Crippen LogP contribution in [0.3, 0.4) is 0 Å². The van der Waals surface area contributed by atoms with Crippen molar-refractivity contribution in [3.8, 4) is 0 Å². The van der Waals surface area contributed by atoms with E-state index in [9.17, 15) is 4.79 Å². The van der Waals surface area contributed by atoms with E-state index in [-0.39, 0.29) is 5.91 Å². The highest BCUT2D eigenvalue weighted by molar-refractivity contribution is 7.99. The van der Waals surface area contributed by atoms with Gasteiger partial charge in [-0.15, -0.1) is 5.10 Å². The van der Waals surface area contributed by atoms with Crippen LogP contribution in [-0.4, -0.2) is 45.1 Å². The van der Waals surface area contributed by atoms with Crippen molar-refractivity contribution in [2.45, 2.75) is 28.9 Å². The number of anilines is 1. The zero-order valence-electron chi connectivity index (χ0n) is 11.9. The lowest BCUT2D eigenvalue weighted by molar-refractivity contribution is 0.0827. The molecule has 1 fully saturated rings. The summed E-state index contributed by atoms with van der Waals surface area (Å²) in [5.74, 6) is -0.0568. The molecule has 3 rings (SSSR count). The minimum absolute atomic E-state index is 0.0568. The van der Waals surface area contributed by atoms with Crippen molar-refractivity contribution in [1.29, 1.82) is 0 Å². The van der Waals surface area contributed by atoms with Crippen LogP contribution in [0.25, 0.3) is 0 Å². The average Bonchev–Trinajstić information content (AvgIpc) is 3.20. The minimum atomic E-state index is -0.0568. The SMILES string of the molecule is CN(C)C(=O)c1ccc(N)c(Sc2nnnn2C2CC2)c1. The molecule has 0 atom stereocenters. The predicted octanol–water partition coefficient (Wildman–Crippen LogP) is 1.44. The molecule has 0 aliphatic heterocycles. The van der Waals surface area contributed by atoms with E-state index in [4.69, 9.17) is 5.73 Å². The summed E-state index contributed by atoms with van der Waals surface area (Å²) >= 11 is 1.39. The highest BCUT2D eigenvalue weighted by Crippen LogP contribution is 2.39. The standard InChI is InChI=1S/C13H16N6OS/c1-18(2)12(20)8-3-6-10(14)11(7-8)21-13-15-16-17-19(13)9-4-5-9/h3,6-7,9H,4-5,14H2,1-2H3. The molecule has 1 saturated carbocycles. The monoisotopic (exact) mass is 304 g/mol. The molecule has 1 aliphatic rings. The third-order valence-corrected chi connectivity index (χ3v) is 4.25. The highest BCUT2D eigenvalue weighted by atomic mass is 32.2. The van der Waals surface area contributed by atoms with Crippen molar-refractivity contribution in [2.24, 2.45) is 0 Å². The molecular weight excluding hydrogens is 288 g/mol. The molecular formula is C13H16N6OS. The molecule has 0 saturated heterocycles. The largest absolute Gasteiger partial charge is 0.398 e. The second-order valence-electron chi connectivity index (χ2n) is 5.19. The summed E-state index contributed by atoms with van der Waals surface area (Å²) < 4.78 is 1.82. The molecule has 110 valence electrons. The van der Waals surface area contributed by atoms with Crippen molar-refractivity contribution in [2.75, 3.05) is 19.8 Å². The first kappa shape index (κ1) is 13.9. The van der Waals surface area contributed by atoms with Crippen LogP contribution < -0.4 is 5.73 Å². The first-order valence-electron chi connectivity index (χ1n) is 6.63. The van der Waals surface area contributed by atoms with Gasteiger partial charge in [0, 0.05) is 30.2 Å². The van der Waals surface area contributed by atoms with E-state index in [0.29, 0.717) is 22.4 Å². The Morgan fingerprint density at radius 3 is 2.86 bits per heavy atom. The molecule has 2 N–H and O–H groups in total. The molecule has 0 unspecified atom stereocenters. The van der Waals surface area contributed by atoms with Crippen LogP contribution in [0.15, 0.2) is 28.3 Å². The first-order chi connectivity index (χ1) is 10.1. The normalized spacial score (nSPS) is 14.2. The fraction of sp³-hybridized carbons (Fsp3) is 0.385. The number of carbonyl (C=O) groups is 1. The summed E-state index contributed by atoms with van der Waals surface area (Å²) in [6.07, 6.45) is 2.21. The number of aromatic nitrogens is 4. The van der Waals surface area contributed by atoms with E-state index in [1.165, 1.54) is 16.7 Å². The minimum Gasteiger partial charge on any atom is -0.398 e. The summed E-state index contributed by atoms with van der Waals surface area (Å²) in [6, 6.07) is 5.65. The molecule has 0 spiro atoms. The number of hydrogen-bond acceptors (Lipinski definition) is 6. The van der Waals surface area contributed by atoms with Crippen LogP contribution in [0.4, 0.5) is 5.69 Å². The summed E-state index contributed by atoms with van der Waals surface area (Å²) in [7, 11) is 3.44. The number of amides is 1. The highest BCUT2D eigenvalue weighted by Gasteiger charge is 2.28. The number of nitrogen functional groups attached to an aromatic ring is 1. The Balaban J connectivity index is 1.89. The van der Waals surface area contributed by atoms with Crippen LogP contribution in [0.1, 0.15) is 29.2 Å². The Hall–Kier alpha value is -2.09. The maximum Gasteiger partial charge on any atom is 0.253 e. The second-order valence-corrected chi connectivity index (χ2v) is 6.20. The fourth-order valence-electron chi connectivity index (χ4n) is 1.91. The van der Waals surface area contributed by atoms with Gasteiger partial charge in [0.05, 0.1) is 6.04 Å². The van der Waals surface area contributed by atoms with Crippen LogP contribution in [0.5, 0.6) is 0 Å². The quantitative estimate of drug-likeness (QED) is 0.860. The van der Waals surface area contributed by atoms with Gasteiger partial charge in [0.15, 0.2) is 0 Å². The van der Waals surface area contributed by atoms with Gasteiger partial charge in [-0.3, -0.25) is 4.79 Å². The van der Waals surface area contributed by atoms with Gasteiger partial charge in [-0.25, -0.2) is 4.68 Å². The van der Waals surface area contributed by atoms with E-state index in [1.54, 1.807) is 32.3 Å². The number of nitrogens with two attached hydrogens (primary N) is 1. The average molecular weight is 304 g/mol. The lowest BCUT2D eigenvalue weighted by atomic mass is 10.2. The van der Waals surface area contributed by atoms with Gasteiger partial charge in [0.25, 0.3) is 5.91 Å². The smallest absolute Gasteiger partial charge is 0.253 e. The van der Waals surface area contributed by atoms with E-state index in [2.05, 4.69) is 15.5 Å². The Kier molecular flexibility index (Phi) is 3.54. The zero-order chi connectivity index (χ0) is 15.0. The fourth-order valence-corrected chi connectivity index (χ4v) is 2.84. The maximum atomic E-state index is 12.0. The molecule has 21 heavy (non-hydrogen) atoms. The predicted molar refractivity (Wildman–Crippen MR) is 79.1 cm³/mol. The summed E-state index contributed by atoms with van der Waals surface area (Å²) in [5.41, 5.74) is 7.21. The summed E-state index contributed by atoms with van der Waals surface area (Å²) in [6.45, 7) is 0. The Labute approximate surface area is 126 Å². The second kappa shape index (κ2) is 5.36. The summed E-state index contributed by atoms with van der Waals surface area (Å²) in [5, 5.41) is 12.5. The van der Waals surface area contributed by atoms with Crippen LogP contribution >= 0.6 is 11.8 Å². The van der Waals surface area contributed by atoms with Crippen LogP contribution in [-0.2, 0) is 0 Å². The van der Waals surface area contributed by atoms with Gasteiger partial charge in [0.1, 0.15) is 0 Å². The molecule has 8 heteroatoms. The zero-order valence-corrected chi connectivity index (χ0v) is 12.7. The molecule has 1 aromatic carbocycles. The number of tetrazole rings is 1. The molecule has 1 amide bonds. The maximum absolute atomic E-state index is 12.0. The van der Waals surface area contributed by atoms with Crippen molar-refractivity contribution < 1.29 is 4.79 Å². The lowest BCUT2D eigenvalue weighted by Gasteiger charge is -2.12. The van der Waals surface area contributed by atoms with Crippen molar-refractivity contribution in [1.82, 2.24) is 25.1 Å². The lowest BCUT2D eigenvalue weighted by Crippen LogP contribution is -2.21. The third kappa shape index (κ3) is 2.85. The molecule has 2 aromatic rings. The Morgan fingerprint density at radius 2 is 2.19 bits per heavy atom. The van der Waals surface area contributed by atoms with Gasteiger partial charge >= 0.3 is 0 Å². The number of nitrogens with zero attached hydrogens (tertiary/aromatic N) is 5. The summed E-state index contributed by atoms with van der Waals surface area (Å²) in [4.78, 5) is 14.4.